The maximum atomic E-state index is 12.8. The molecule has 5 rings (SSSR count). The Morgan fingerprint density at radius 2 is 1.85 bits per heavy atom. The van der Waals surface area contributed by atoms with Gasteiger partial charge >= 0.3 is 0 Å². The molecule has 0 aliphatic rings. The lowest BCUT2D eigenvalue weighted by atomic mass is 10.1. The van der Waals surface area contributed by atoms with Crippen molar-refractivity contribution in [1.82, 2.24) is 10.4 Å². The lowest BCUT2D eigenvalue weighted by Crippen LogP contribution is -2.17. The van der Waals surface area contributed by atoms with Gasteiger partial charge in [0.25, 0.3) is 5.91 Å². The van der Waals surface area contributed by atoms with Crippen LogP contribution in [0.15, 0.2) is 108 Å². The second kappa shape index (κ2) is 15.5. The molecule has 4 aromatic carbocycles. The number of nitriles is 1. The second-order valence-electron chi connectivity index (χ2n) is 9.94. The number of anilines is 2. The standard InChI is InChI=1S/C36H30ClN5O3S/c1-3-7-27-18-24(19-33(44-4-2)34(27)45-22-29-9-6-5-8-28(29)20-38)21-39-42-35(43)26-12-10-25(11-13-26)32-23-46-36(41-32)40-31-16-14-30(37)15-17-31/h3,5-6,8-19,21,23H,1,4,7,22H2,2H3,(H,40,41)(H,42,43)/b39-21-. The average Bonchev–Trinajstić information content (AvgIpc) is 3.54. The van der Waals surface area contributed by atoms with Gasteiger partial charge in [-0.1, -0.05) is 48.0 Å². The first-order chi connectivity index (χ1) is 22.5. The van der Waals surface area contributed by atoms with Crippen molar-refractivity contribution >= 4 is 45.9 Å². The number of nitrogens with one attached hydrogen (secondary N) is 2. The molecule has 10 heteroatoms. The van der Waals surface area contributed by atoms with E-state index in [1.165, 1.54) is 11.3 Å². The monoisotopic (exact) mass is 647 g/mol. The highest BCUT2D eigenvalue weighted by molar-refractivity contribution is 7.14. The quantitative estimate of drug-likeness (QED) is 0.0753. The minimum absolute atomic E-state index is 0.208. The van der Waals surface area contributed by atoms with Crippen molar-refractivity contribution in [3.63, 3.8) is 0 Å². The Balaban J connectivity index is 1.24. The van der Waals surface area contributed by atoms with Crippen LogP contribution in [0.1, 0.15) is 39.5 Å². The van der Waals surface area contributed by atoms with Crippen LogP contribution in [0.2, 0.25) is 5.02 Å². The number of halogens is 1. The van der Waals surface area contributed by atoms with Crippen molar-refractivity contribution < 1.29 is 14.3 Å². The number of carbonyl (C=O) groups excluding carboxylic acids is 1. The molecule has 0 saturated carbocycles. The predicted octanol–water partition coefficient (Wildman–Crippen LogP) is 8.55. The van der Waals surface area contributed by atoms with E-state index in [2.05, 4.69) is 33.5 Å². The third-order valence-corrected chi connectivity index (χ3v) is 7.76. The number of aromatic nitrogens is 1. The molecular formula is C36H30ClN5O3S. The third-order valence-electron chi connectivity index (χ3n) is 6.75. The first-order valence-corrected chi connectivity index (χ1v) is 15.7. The Morgan fingerprint density at radius 1 is 1.07 bits per heavy atom. The summed E-state index contributed by atoms with van der Waals surface area (Å²) < 4.78 is 12.1. The molecule has 46 heavy (non-hydrogen) atoms. The number of hydrogen-bond acceptors (Lipinski definition) is 8. The second-order valence-corrected chi connectivity index (χ2v) is 11.2. The molecule has 5 aromatic rings. The van der Waals surface area contributed by atoms with Crippen LogP contribution in [0.3, 0.4) is 0 Å². The molecule has 8 nitrogen and oxygen atoms in total. The Hall–Kier alpha value is -5.43. The molecule has 0 saturated heterocycles. The van der Waals surface area contributed by atoms with Gasteiger partial charge in [0.2, 0.25) is 0 Å². The fourth-order valence-corrected chi connectivity index (χ4v) is 5.41. The zero-order valence-corrected chi connectivity index (χ0v) is 26.6. The zero-order chi connectivity index (χ0) is 32.3. The summed E-state index contributed by atoms with van der Waals surface area (Å²) in [5, 5.41) is 20.3. The van der Waals surface area contributed by atoms with Gasteiger partial charge in [0.15, 0.2) is 16.6 Å². The van der Waals surface area contributed by atoms with Crippen molar-refractivity contribution in [2.45, 2.75) is 20.0 Å². The van der Waals surface area contributed by atoms with Crippen LogP contribution >= 0.6 is 22.9 Å². The van der Waals surface area contributed by atoms with Crippen LogP contribution in [0.4, 0.5) is 10.8 Å². The SMILES string of the molecule is C=CCc1cc(/C=N\NC(=O)c2ccc(-c3csc(Nc4ccc(Cl)cc4)n3)cc2)cc(OCC)c1OCc1ccccc1C#N. The number of carbonyl (C=O) groups is 1. The summed E-state index contributed by atoms with van der Waals surface area (Å²) in [6.07, 6.45) is 3.85. The summed E-state index contributed by atoms with van der Waals surface area (Å²) in [6.45, 7) is 6.39. The molecule has 2 N–H and O–H groups in total. The van der Waals surface area contributed by atoms with Gasteiger partial charge in [0.05, 0.1) is 30.1 Å². The van der Waals surface area contributed by atoms with E-state index < -0.39 is 0 Å². The molecular weight excluding hydrogens is 618 g/mol. The van der Waals surface area contributed by atoms with Gasteiger partial charge in [-0.25, -0.2) is 10.4 Å². The molecule has 0 bridgehead atoms. The molecule has 0 atom stereocenters. The normalized spacial score (nSPS) is 10.7. The summed E-state index contributed by atoms with van der Waals surface area (Å²) in [4.78, 5) is 17.5. The number of rotatable bonds is 13. The molecule has 0 unspecified atom stereocenters. The molecule has 0 spiro atoms. The minimum atomic E-state index is -0.348. The van der Waals surface area contributed by atoms with Crippen LogP contribution in [0.5, 0.6) is 11.5 Å². The van der Waals surface area contributed by atoms with E-state index in [1.54, 1.807) is 36.6 Å². The van der Waals surface area contributed by atoms with Crippen molar-refractivity contribution in [3.8, 4) is 28.8 Å². The summed E-state index contributed by atoms with van der Waals surface area (Å²) in [7, 11) is 0. The van der Waals surface area contributed by atoms with E-state index in [-0.39, 0.29) is 12.5 Å². The van der Waals surface area contributed by atoms with E-state index in [1.807, 2.05) is 73.0 Å². The summed E-state index contributed by atoms with van der Waals surface area (Å²) in [5.41, 5.74) is 8.52. The van der Waals surface area contributed by atoms with Gasteiger partial charge < -0.3 is 14.8 Å². The van der Waals surface area contributed by atoms with Gasteiger partial charge in [-0.3, -0.25) is 4.79 Å². The van der Waals surface area contributed by atoms with E-state index >= 15 is 0 Å². The average molecular weight is 648 g/mol. The van der Waals surface area contributed by atoms with Gasteiger partial charge in [0.1, 0.15) is 6.61 Å². The highest BCUT2D eigenvalue weighted by Gasteiger charge is 2.15. The van der Waals surface area contributed by atoms with Gasteiger partial charge in [-0.05, 0) is 73.5 Å². The lowest BCUT2D eigenvalue weighted by Gasteiger charge is -2.17. The van der Waals surface area contributed by atoms with Gasteiger partial charge in [-0.15, -0.1) is 17.9 Å². The van der Waals surface area contributed by atoms with Gasteiger partial charge in [-0.2, -0.15) is 10.4 Å². The Morgan fingerprint density at radius 3 is 2.59 bits per heavy atom. The van der Waals surface area contributed by atoms with Crippen LogP contribution in [0, 0.1) is 11.3 Å². The van der Waals surface area contributed by atoms with Crippen molar-refractivity contribution in [1.29, 1.82) is 5.26 Å². The number of hydrazone groups is 1. The first-order valence-electron chi connectivity index (χ1n) is 14.4. The zero-order valence-electron chi connectivity index (χ0n) is 25.0. The molecule has 1 aromatic heterocycles. The summed E-state index contributed by atoms with van der Waals surface area (Å²) in [5.74, 6) is 0.760. The number of ether oxygens (including phenoxy) is 2. The number of nitrogens with zero attached hydrogens (tertiary/aromatic N) is 3. The van der Waals surface area contributed by atoms with E-state index in [0.29, 0.717) is 46.2 Å². The third kappa shape index (κ3) is 8.18. The van der Waals surface area contributed by atoms with Crippen molar-refractivity contribution in [2.75, 3.05) is 11.9 Å². The number of amides is 1. The number of allylic oxidation sites excluding steroid dienone is 1. The summed E-state index contributed by atoms with van der Waals surface area (Å²) >= 11 is 7.45. The molecule has 230 valence electrons. The van der Waals surface area contributed by atoms with Crippen LogP contribution < -0.4 is 20.2 Å². The Labute approximate surface area is 276 Å². The first kappa shape index (κ1) is 32.0. The lowest BCUT2D eigenvalue weighted by molar-refractivity contribution is 0.0955. The van der Waals surface area contributed by atoms with E-state index in [4.69, 9.17) is 21.1 Å². The highest BCUT2D eigenvalue weighted by Crippen LogP contribution is 2.34. The topological polar surface area (TPSA) is 109 Å². The van der Waals surface area contributed by atoms with Crippen molar-refractivity contribution in [3.05, 3.63) is 136 Å². The number of thiazole rings is 1. The molecule has 1 amide bonds. The minimum Gasteiger partial charge on any atom is -0.490 e. The molecule has 0 fully saturated rings. The predicted molar refractivity (Wildman–Crippen MR) is 184 cm³/mol. The maximum absolute atomic E-state index is 12.8. The van der Waals surface area contributed by atoms with Crippen molar-refractivity contribution in [2.24, 2.45) is 5.10 Å². The number of benzene rings is 4. The molecule has 0 aliphatic carbocycles. The molecule has 0 aliphatic heterocycles. The smallest absolute Gasteiger partial charge is 0.271 e. The van der Waals surface area contributed by atoms with Crippen LogP contribution in [0.25, 0.3) is 11.3 Å². The largest absolute Gasteiger partial charge is 0.490 e. The van der Waals surface area contributed by atoms with E-state index in [9.17, 15) is 10.1 Å². The fraction of sp³-hybridized carbons (Fsp3) is 0.111. The van der Waals surface area contributed by atoms with E-state index in [0.717, 1.165) is 33.2 Å². The van der Waals surface area contributed by atoms with Crippen LogP contribution in [-0.2, 0) is 13.0 Å². The highest BCUT2D eigenvalue weighted by atomic mass is 35.5. The fourth-order valence-electron chi connectivity index (χ4n) is 4.54. The maximum Gasteiger partial charge on any atom is 0.271 e. The summed E-state index contributed by atoms with van der Waals surface area (Å²) in [6, 6.07) is 27.8. The Kier molecular flexibility index (Phi) is 10.8. The Bertz CT molecular complexity index is 1900. The van der Waals surface area contributed by atoms with Gasteiger partial charge in [0, 0.05) is 38.3 Å². The molecule has 0 radical (unpaired) electrons. The number of hydrogen-bond donors (Lipinski definition) is 2. The molecule has 1 heterocycles. The van der Waals surface area contributed by atoms with Crippen LogP contribution in [-0.4, -0.2) is 23.7 Å².